The first-order valence-electron chi connectivity index (χ1n) is 17.1. The Labute approximate surface area is 250 Å². The number of methoxy groups -OCH3 is 1. The number of aromatic nitrogens is 1. The Morgan fingerprint density at radius 2 is 1.83 bits per heavy atom. The van der Waals surface area contributed by atoms with Crippen LogP contribution in [-0.4, -0.2) is 41.9 Å². The number of unbranched alkanes of at least 4 members (excludes halogenated alkanes) is 3. The summed E-state index contributed by atoms with van der Waals surface area (Å²) in [6.07, 6.45) is 19.3. The molecule has 5 rings (SSSR count). The molecule has 4 saturated carbocycles. The first kappa shape index (κ1) is 31.0. The van der Waals surface area contributed by atoms with E-state index in [1.165, 1.54) is 83.4 Å². The Balaban J connectivity index is 1.10. The number of pyridine rings is 1. The summed E-state index contributed by atoms with van der Waals surface area (Å²) >= 11 is 0. The molecule has 1 aromatic rings. The van der Waals surface area contributed by atoms with Crippen molar-refractivity contribution in [3.8, 4) is 0 Å². The van der Waals surface area contributed by atoms with E-state index in [2.05, 4.69) is 43.2 Å². The van der Waals surface area contributed by atoms with Crippen LogP contribution in [0.5, 0.6) is 0 Å². The van der Waals surface area contributed by atoms with Gasteiger partial charge in [-0.2, -0.15) is 0 Å². The minimum absolute atomic E-state index is 0.0800. The van der Waals surface area contributed by atoms with Crippen molar-refractivity contribution in [3.63, 3.8) is 0 Å². The average Bonchev–Trinajstić information content (AvgIpc) is 3.33. The Morgan fingerprint density at radius 1 is 1.05 bits per heavy atom. The van der Waals surface area contributed by atoms with Gasteiger partial charge in [-0.05, 0) is 142 Å². The molecule has 0 spiro atoms. The Morgan fingerprint density at radius 3 is 2.61 bits per heavy atom. The molecule has 4 unspecified atom stereocenters. The molecule has 0 amide bonds. The highest BCUT2D eigenvalue weighted by Gasteiger charge is 2.62. The minimum Gasteiger partial charge on any atom is -0.469 e. The highest BCUT2D eigenvalue weighted by atomic mass is 16.5. The zero-order valence-corrected chi connectivity index (χ0v) is 26.5. The number of nitrogens with zero attached hydrogens (tertiary/aromatic N) is 1. The van der Waals surface area contributed by atoms with Crippen molar-refractivity contribution in [2.75, 3.05) is 13.7 Å². The van der Waals surface area contributed by atoms with Crippen molar-refractivity contribution in [1.82, 2.24) is 10.3 Å². The maximum Gasteiger partial charge on any atom is 0.305 e. The number of aliphatic hydroxyl groups is 1. The van der Waals surface area contributed by atoms with Crippen molar-refractivity contribution < 1.29 is 14.6 Å². The molecule has 0 saturated heterocycles. The van der Waals surface area contributed by atoms with E-state index in [9.17, 15) is 9.90 Å². The number of aliphatic hydroxyl groups excluding tert-OH is 1. The van der Waals surface area contributed by atoms with Crippen LogP contribution in [0.2, 0.25) is 0 Å². The lowest BCUT2D eigenvalue weighted by Crippen LogP contribution is -2.59. The summed E-state index contributed by atoms with van der Waals surface area (Å²) in [5.74, 6) is 3.51. The summed E-state index contributed by atoms with van der Waals surface area (Å²) in [5.41, 5.74) is 1.90. The van der Waals surface area contributed by atoms with Gasteiger partial charge in [0.25, 0.3) is 0 Å². The molecule has 230 valence electrons. The normalized spacial score (nSPS) is 38.9. The zero-order valence-electron chi connectivity index (χ0n) is 26.5. The molecule has 5 heteroatoms. The van der Waals surface area contributed by atoms with Gasteiger partial charge in [0, 0.05) is 24.4 Å². The number of hydrogen-bond acceptors (Lipinski definition) is 5. The molecule has 0 aromatic carbocycles. The van der Waals surface area contributed by atoms with Crippen LogP contribution in [0.3, 0.4) is 0 Å². The molecule has 0 aliphatic heterocycles. The van der Waals surface area contributed by atoms with Crippen LogP contribution in [0.15, 0.2) is 24.4 Å². The molecule has 2 N–H and O–H groups in total. The van der Waals surface area contributed by atoms with Gasteiger partial charge >= 0.3 is 5.97 Å². The Bertz CT molecular complexity index is 986. The van der Waals surface area contributed by atoms with E-state index in [1.54, 1.807) is 0 Å². The largest absolute Gasteiger partial charge is 0.469 e. The van der Waals surface area contributed by atoms with Crippen LogP contribution in [0.25, 0.3) is 0 Å². The average molecular weight is 567 g/mol. The number of carbonyl (C=O) groups is 1. The van der Waals surface area contributed by atoms with Gasteiger partial charge in [0.15, 0.2) is 0 Å². The number of nitrogens with one attached hydrogen (secondary N) is 1. The topological polar surface area (TPSA) is 71.5 Å². The molecule has 41 heavy (non-hydrogen) atoms. The zero-order chi connectivity index (χ0) is 29.0. The number of ether oxygens (including phenoxy) is 1. The van der Waals surface area contributed by atoms with E-state index in [0.717, 1.165) is 25.8 Å². The molecule has 4 fully saturated rings. The van der Waals surface area contributed by atoms with E-state index in [-0.39, 0.29) is 12.1 Å². The van der Waals surface area contributed by atoms with Gasteiger partial charge in [-0.15, -0.1) is 0 Å². The predicted molar refractivity (Wildman–Crippen MR) is 165 cm³/mol. The third-order valence-corrected chi connectivity index (χ3v) is 13.0. The van der Waals surface area contributed by atoms with Gasteiger partial charge < -0.3 is 15.2 Å². The second-order valence-electron chi connectivity index (χ2n) is 15.0. The van der Waals surface area contributed by atoms with Gasteiger partial charge in [-0.1, -0.05) is 39.7 Å². The summed E-state index contributed by atoms with van der Waals surface area (Å²) in [6.45, 7) is 8.63. The second kappa shape index (κ2) is 13.5. The lowest BCUT2D eigenvalue weighted by molar-refractivity contribution is -0.167. The van der Waals surface area contributed by atoms with E-state index < -0.39 is 0 Å². The third-order valence-electron chi connectivity index (χ3n) is 13.0. The summed E-state index contributed by atoms with van der Waals surface area (Å²) in [5, 5.41) is 15.7. The SMILES string of the molecule is COC(=O)CC[C@@H](C)[C@H]1CCC2C3C(O)C[C@@H]4C[C@@H](NCCCCCCc5ccccn5)CC[C@]4(C)C3CC[C@@]21C. The number of carbonyl (C=O) groups excluding carboxylic acids is 1. The lowest BCUT2D eigenvalue weighted by atomic mass is 9.43. The van der Waals surface area contributed by atoms with Crippen molar-refractivity contribution in [2.45, 2.75) is 129 Å². The highest BCUT2D eigenvalue weighted by molar-refractivity contribution is 5.69. The standard InChI is InChI=1S/C36H58N2O3/c1-25(13-16-33(40)41-4)29-14-15-30-34-31(18-20-36(29,30)3)35(2)19-17-28(23-26(35)24-32(34)39)38-21-9-6-5-7-11-27-12-8-10-22-37-27/h8,10,12,22,25-26,28-32,34,38-39H,5-7,9,11,13-21,23-24H2,1-4H3/t25-,26+,28+,29-,30?,31?,32?,34?,35+,36-/m1/s1. The second-order valence-corrected chi connectivity index (χ2v) is 15.0. The van der Waals surface area contributed by atoms with Crippen molar-refractivity contribution in [3.05, 3.63) is 30.1 Å². The van der Waals surface area contributed by atoms with Gasteiger partial charge in [-0.3, -0.25) is 9.78 Å². The molecule has 10 atom stereocenters. The fraction of sp³-hybridized carbons (Fsp3) is 0.833. The van der Waals surface area contributed by atoms with E-state index in [4.69, 9.17) is 4.74 Å². The van der Waals surface area contributed by atoms with Crippen LogP contribution in [-0.2, 0) is 16.0 Å². The maximum atomic E-state index is 11.8. The van der Waals surface area contributed by atoms with Crippen molar-refractivity contribution >= 4 is 5.97 Å². The molecule has 5 nitrogen and oxygen atoms in total. The quantitative estimate of drug-likeness (QED) is 0.204. The molecular formula is C36H58N2O3. The summed E-state index contributed by atoms with van der Waals surface area (Å²) in [4.78, 5) is 16.3. The van der Waals surface area contributed by atoms with Gasteiger partial charge in [0.05, 0.1) is 13.2 Å². The lowest BCUT2D eigenvalue weighted by Gasteiger charge is -2.62. The van der Waals surface area contributed by atoms with Crippen LogP contribution in [0.4, 0.5) is 0 Å². The van der Waals surface area contributed by atoms with E-state index in [1.807, 2.05) is 12.3 Å². The smallest absolute Gasteiger partial charge is 0.305 e. The Hall–Kier alpha value is -1.46. The first-order valence-corrected chi connectivity index (χ1v) is 17.1. The molecular weight excluding hydrogens is 508 g/mol. The fourth-order valence-corrected chi connectivity index (χ4v) is 10.7. The van der Waals surface area contributed by atoms with Crippen LogP contribution in [0.1, 0.15) is 116 Å². The summed E-state index contributed by atoms with van der Waals surface area (Å²) in [6, 6.07) is 6.82. The third kappa shape index (κ3) is 6.56. The number of esters is 1. The number of rotatable bonds is 12. The number of aryl methyl sites for hydroxylation is 1. The highest BCUT2D eigenvalue weighted by Crippen LogP contribution is 2.68. The van der Waals surface area contributed by atoms with Crippen LogP contribution in [0, 0.1) is 46.3 Å². The minimum atomic E-state index is -0.148. The van der Waals surface area contributed by atoms with Gasteiger partial charge in [0.2, 0.25) is 0 Å². The van der Waals surface area contributed by atoms with Gasteiger partial charge in [-0.25, -0.2) is 0 Å². The monoisotopic (exact) mass is 566 g/mol. The number of hydrogen-bond donors (Lipinski definition) is 2. The summed E-state index contributed by atoms with van der Waals surface area (Å²) < 4.78 is 4.93. The van der Waals surface area contributed by atoms with Crippen molar-refractivity contribution in [1.29, 1.82) is 0 Å². The Kier molecular flexibility index (Phi) is 10.2. The van der Waals surface area contributed by atoms with Crippen LogP contribution < -0.4 is 5.32 Å². The van der Waals surface area contributed by atoms with Gasteiger partial charge in [0.1, 0.15) is 0 Å². The van der Waals surface area contributed by atoms with E-state index >= 15 is 0 Å². The summed E-state index contributed by atoms with van der Waals surface area (Å²) in [7, 11) is 1.50. The van der Waals surface area contributed by atoms with Crippen molar-refractivity contribution in [2.24, 2.45) is 46.3 Å². The molecule has 1 aromatic heterocycles. The molecule has 0 bridgehead atoms. The van der Waals surface area contributed by atoms with Crippen LogP contribution >= 0.6 is 0 Å². The number of fused-ring (bicyclic) bond motifs is 5. The fourth-order valence-electron chi connectivity index (χ4n) is 10.7. The first-order chi connectivity index (χ1) is 19.8. The molecule has 4 aliphatic rings. The maximum absolute atomic E-state index is 11.8. The predicted octanol–water partition coefficient (Wildman–Crippen LogP) is 7.36. The molecule has 0 radical (unpaired) electrons. The molecule has 4 aliphatic carbocycles. The molecule has 1 heterocycles. The van der Waals surface area contributed by atoms with E-state index in [0.29, 0.717) is 58.8 Å².